The summed E-state index contributed by atoms with van der Waals surface area (Å²) in [6.45, 7) is 0. The minimum Gasteiger partial charge on any atom is -0.298 e. The van der Waals surface area contributed by atoms with E-state index in [1.807, 2.05) is 0 Å². The summed E-state index contributed by atoms with van der Waals surface area (Å²) in [5, 5.41) is 3.73. The van der Waals surface area contributed by atoms with Crippen LogP contribution < -0.4 is 0 Å². The summed E-state index contributed by atoms with van der Waals surface area (Å²) >= 11 is 5.73. The lowest BCUT2D eigenvalue weighted by atomic mass is 10.2. The maximum Gasteiger partial charge on any atom is 0.435 e. The van der Waals surface area contributed by atoms with Gasteiger partial charge in [0, 0.05) is 11.2 Å². The predicted molar refractivity (Wildman–Crippen MR) is 59.0 cm³/mol. The molecule has 94 valence electrons. The van der Waals surface area contributed by atoms with E-state index >= 15 is 0 Å². The van der Waals surface area contributed by atoms with E-state index in [-0.39, 0.29) is 6.29 Å². The van der Waals surface area contributed by atoms with Crippen molar-refractivity contribution >= 4 is 17.9 Å². The molecule has 0 unspecified atom stereocenters. The highest BCUT2D eigenvalue weighted by molar-refractivity contribution is 6.30. The highest BCUT2D eigenvalue weighted by Gasteiger charge is 2.37. The predicted octanol–water partition coefficient (Wildman–Crippen LogP) is 3.36. The standard InChI is InChI=1S/C11H6ClF3N2O/c12-8-2-1-3-9(4-8)17-5-7(6-18)10(16-17)11(13,14)15/h1-6H. The van der Waals surface area contributed by atoms with Gasteiger partial charge in [0.15, 0.2) is 12.0 Å². The van der Waals surface area contributed by atoms with Gasteiger partial charge in [0.1, 0.15) is 0 Å². The number of rotatable bonds is 2. The van der Waals surface area contributed by atoms with Crippen LogP contribution >= 0.6 is 11.6 Å². The summed E-state index contributed by atoms with van der Waals surface area (Å²) in [7, 11) is 0. The fraction of sp³-hybridized carbons (Fsp3) is 0.0909. The molecule has 0 atom stereocenters. The summed E-state index contributed by atoms with van der Waals surface area (Å²) in [5.41, 5.74) is -1.37. The first-order valence-corrected chi connectivity index (χ1v) is 5.17. The van der Waals surface area contributed by atoms with Crippen LogP contribution in [0.5, 0.6) is 0 Å². The van der Waals surface area contributed by atoms with Gasteiger partial charge in [-0.25, -0.2) is 4.68 Å². The molecule has 0 radical (unpaired) electrons. The van der Waals surface area contributed by atoms with Crippen LogP contribution in [0.4, 0.5) is 13.2 Å². The van der Waals surface area contributed by atoms with Crippen LogP contribution in [0.25, 0.3) is 5.69 Å². The monoisotopic (exact) mass is 274 g/mol. The Morgan fingerprint density at radius 3 is 2.56 bits per heavy atom. The number of hydrogen-bond acceptors (Lipinski definition) is 2. The molecule has 1 aromatic heterocycles. The maximum atomic E-state index is 12.6. The number of halogens is 4. The molecule has 18 heavy (non-hydrogen) atoms. The third kappa shape index (κ3) is 2.38. The number of aldehydes is 1. The minimum absolute atomic E-state index is 0.122. The molecule has 0 saturated heterocycles. The van der Waals surface area contributed by atoms with Crippen LogP contribution in [-0.2, 0) is 6.18 Å². The summed E-state index contributed by atoms with van der Waals surface area (Å²) in [6, 6.07) is 6.14. The molecule has 0 aliphatic rings. The Labute approximate surface area is 105 Å². The van der Waals surface area contributed by atoms with Crippen LogP contribution in [-0.4, -0.2) is 16.1 Å². The van der Waals surface area contributed by atoms with Crippen LogP contribution in [0.1, 0.15) is 16.1 Å². The average Bonchev–Trinajstić information content (AvgIpc) is 2.72. The van der Waals surface area contributed by atoms with Crippen molar-refractivity contribution in [2.45, 2.75) is 6.18 Å². The average molecular weight is 275 g/mol. The molecule has 0 fully saturated rings. The lowest BCUT2D eigenvalue weighted by molar-refractivity contribution is -0.141. The smallest absolute Gasteiger partial charge is 0.298 e. The van der Waals surface area contributed by atoms with Crippen molar-refractivity contribution < 1.29 is 18.0 Å². The van der Waals surface area contributed by atoms with Crippen LogP contribution in [0.3, 0.4) is 0 Å². The van der Waals surface area contributed by atoms with E-state index in [4.69, 9.17) is 11.6 Å². The fourth-order valence-electron chi connectivity index (χ4n) is 1.44. The first-order valence-electron chi connectivity index (χ1n) is 4.80. The molecule has 0 aliphatic heterocycles. The van der Waals surface area contributed by atoms with E-state index in [2.05, 4.69) is 5.10 Å². The second-order valence-electron chi connectivity index (χ2n) is 3.47. The van der Waals surface area contributed by atoms with Gasteiger partial charge >= 0.3 is 6.18 Å². The molecule has 1 heterocycles. The molecule has 0 aliphatic carbocycles. The highest BCUT2D eigenvalue weighted by atomic mass is 35.5. The zero-order chi connectivity index (χ0) is 13.3. The summed E-state index contributed by atoms with van der Waals surface area (Å²) in [4.78, 5) is 10.6. The van der Waals surface area contributed by atoms with Crippen molar-refractivity contribution in [3.63, 3.8) is 0 Å². The zero-order valence-electron chi connectivity index (χ0n) is 8.78. The fourth-order valence-corrected chi connectivity index (χ4v) is 1.63. The molecular weight excluding hydrogens is 269 g/mol. The van der Waals surface area contributed by atoms with Crippen molar-refractivity contribution in [2.24, 2.45) is 0 Å². The molecule has 0 amide bonds. The summed E-state index contributed by atoms with van der Waals surface area (Å²) in [6.07, 6.45) is -3.53. The van der Waals surface area contributed by atoms with E-state index in [9.17, 15) is 18.0 Å². The first-order chi connectivity index (χ1) is 8.41. The molecule has 2 aromatic rings. The van der Waals surface area contributed by atoms with Crippen LogP contribution in [0.2, 0.25) is 5.02 Å². The number of nitrogens with zero attached hydrogens (tertiary/aromatic N) is 2. The number of aromatic nitrogens is 2. The highest BCUT2D eigenvalue weighted by Crippen LogP contribution is 2.30. The largest absolute Gasteiger partial charge is 0.435 e. The molecule has 2 rings (SSSR count). The summed E-state index contributed by atoms with van der Waals surface area (Å²) in [5.74, 6) is 0. The second kappa shape index (κ2) is 4.45. The zero-order valence-corrected chi connectivity index (χ0v) is 9.53. The lowest BCUT2D eigenvalue weighted by Gasteiger charge is -2.03. The van der Waals surface area contributed by atoms with Gasteiger partial charge in [-0.15, -0.1) is 0 Å². The Morgan fingerprint density at radius 2 is 2.06 bits per heavy atom. The maximum absolute atomic E-state index is 12.6. The van der Waals surface area contributed by atoms with Gasteiger partial charge in [-0.2, -0.15) is 18.3 Å². The Morgan fingerprint density at radius 1 is 1.33 bits per heavy atom. The molecular formula is C11H6ClF3N2O. The van der Waals surface area contributed by atoms with Gasteiger partial charge in [-0.05, 0) is 18.2 Å². The Bertz CT molecular complexity index is 592. The normalized spacial score (nSPS) is 11.6. The Hall–Kier alpha value is -1.82. The third-order valence-corrected chi connectivity index (χ3v) is 2.45. The van der Waals surface area contributed by atoms with Crippen molar-refractivity contribution in [1.82, 2.24) is 9.78 Å². The van der Waals surface area contributed by atoms with E-state index in [1.54, 1.807) is 12.1 Å². The second-order valence-corrected chi connectivity index (χ2v) is 3.91. The summed E-state index contributed by atoms with van der Waals surface area (Å²) < 4.78 is 38.7. The lowest BCUT2D eigenvalue weighted by Crippen LogP contribution is -2.09. The van der Waals surface area contributed by atoms with E-state index in [1.165, 1.54) is 12.1 Å². The van der Waals surface area contributed by atoms with E-state index in [0.29, 0.717) is 10.7 Å². The molecule has 1 aromatic carbocycles. The van der Waals surface area contributed by atoms with Gasteiger partial charge in [0.05, 0.1) is 11.3 Å². The first kappa shape index (κ1) is 12.6. The van der Waals surface area contributed by atoms with Crippen LogP contribution in [0.15, 0.2) is 30.5 Å². The quantitative estimate of drug-likeness (QED) is 0.787. The van der Waals surface area contributed by atoms with Gasteiger partial charge in [0.25, 0.3) is 0 Å². The molecule has 7 heteroatoms. The number of hydrogen-bond donors (Lipinski definition) is 0. The molecule has 0 spiro atoms. The minimum atomic E-state index is -4.67. The molecule has 3 nitrogen and oxygen atoms in total. The number of benzene rings is 1. The van der Waals surface area contributed by atoms with Gasteiger partial charge in [-0.1, -0.05) is 17.7 Å². The Balaban J connectivity index is 2.54. The van der Waals surface area contributed by atoms with Crippen molar-refractivity contribution in [3.8, 4) is 5.69 Å². The number of carbonyl (C=O) groups excluding carboxylic acids is 1. The third-order valence-electron chi connectivity index (χ3n) is 2.21. The molecule has 0 bridgehead atoms. The Kier molecular flexibility index (Phi) is 3.13. The number of carbonyl (C=O) groups is 1. The van der Waals surface area contributed by atoms with E-state index in [0.717, 1.165) is 10.9 Å². The number of alkyl halides is 3. The topological polar surface area (TPSA) is 34.9 Å². The SMILES string of the molecule is O=Cc1cn(-c2cccc(Cl)c2)nc1C(F)(F)F. The molecule has 0 saturated carbocycles. The van der Waals surface area contributed by atoms with E-state index < -0.39 is 17.4 Å². The van der Waals surface area contributed by atoms with Gasteiger partial charge in [0.2, 0.25) is 0 Å². The van der Waals surface area contributed by atoms with Gasteiger partial charge in [-0.3, -0.25) is 4.79 Å². The van der Waals surface area contributed by atoms with Gasteiger partial charge < -0.3 is 0 Å². The van der Waals surface area contributed by atoms with Crippen LogP contribution in [0, 0.1) is 0 Å². The van der Waals surface area contributed by atoms with Crippen molar-refractivity contribution in [3.05, 3.63) is 46.7 Å². The van der Waals surface area contributed by atoms with Crippen molar-refractivity contribution in [1.29, 1.82) is 0 Å². The molecule has 0 N–H and O–H groups in total. The van der Waals surface area contributed by atoms with Crippen molar-refractivity contribution in [2.75, 3.05) is 0 Å².